The number of rotatable bonds is 12. The van der Waals surface area contributed by atoms with Gasteiger partial charge in [0.2, 0.25) is 5.96 Å². The smallest absolute Gasteiger partial charge is 0.339 e. The van der Waals surface area contributed by atoms with Crippen LogP contribution >= 0.6 is 23.2 Å². The second kappa shape index (κ2) is 16.9. The minimum atomic E-state index is -4.11. The highest BCUT2D eigenvalue weighted by molar-refractivity contribution is 7.93. The second-order valence-corrected chi connectivity index (χ2v) is 16.4. The predicted octanol–water partition coefficient (Wildman–Crippen LogP) is 8.54. The first kappa shape index (κ1) is 40.5. The van der Waals surface area contributed by atoms with Gasteiger partial charge in [-0.3, -0.25) is 9.44 Å². The van der Waals surface area contributed by atoms with Crippen molar-refractivity contribution in [2.24, 2.45) is 4.99 Å². The number of sulfonamides is 2. The van der Waals surface area contributed by atoms with E-state index in [-0.39, 0.29) is 48.9 Å². The summed E-state index contributed by atoms with van der Waals surface area (Å²) in [5.41, 5.74) is 1.67. The molecule has 6 rings (SSSR count). The highest BCUT2D eigenvalue weighted by atomic mass is 35.5. The molecule has 0 fully saturated rings. The molecule has 0 aliphatic carbocycles. The van der Waals surface area contributed by atoms with Crippen molar-refractivity contribution in [1.82, 2.24) is 0 Å². The lowest BCUT2D eigenvalue weighted by molar-refractivity contribution is 0.0591. The third kappa shape index (κ3) is 9.47. The standard InChI is InChI=1S/C40H33Cl2N5O8S2/c1-4-17-43-40(44-28-9-5-24-7-11-30(20-26(24)18-28)46-56(50,51)32-13-15-36(41)34(22-32)38(48)54-2)45-29-10-6-25-8-12-31(21-27(25)19-29)47-57(52,53)33-14-16-37(42)35(23-33)39(49)55-3/h4-16,18-23,46-47H,1,17H2,2-3H3,(H2,43,44,45). The normalized spacial score (nSPS) is 11.4. The number of carbonyl (C=O) groups is 2. The van der Waals surface area contributed by atoms with Crippen LogP contribution in [0.3, 0.4) is 0 Å². The van der Waals surface area contributed by atoms with E-state index in [0.29, 0.717) is 28.1 Å². The number of benzene rings is 6. The van der Waals surface area contributed by atoms with E-state index in [4.69, 9.17) is 32.7 Å². The number of fused-ring (bicyclic) bond motifs is 2. The van der Waals surface area contributed by atoms with Gasteiger partial charge in [-0.15, -0.1) is 6.58 Å². The lowest BCUT2D eigenvalue weighted by Crippen LogP contribution is -2.22. The number of nitrogens with zero attached hydrogens (tertiary/aromatic N) is 1. The number of esters is 2. The third-order valence-electron chi connectivity index (χ3n) is 8.40. The number of guanidine groups is 1. The summed E-state index contributed by atoms with van der Waals surface area (Å²) in [6, 6.07) is 28.7. The number of halogens is 2. The van der Waals surface area contributed by atoms with E-state index >= 15 is 0 Å². The molecule has 0 atom stereocenters. The van der Waals surface area contributed by atoms with E-state index in [9.17, 15) is 26.4 Å². The lowest BCUT2D eigenvalue weighted by Gasteiger charge is -2.15. The van der Waals surface area contributed by atoms with Crippen molar-refractivity contribution in [3.63, 3.8) is 0 Å². The average Bonchev–Trinajstić information content (AvgIpc) is 3.19. The molecule has 17 heteroatoms. The Kier molecular flexibility index (Phi) is 12.0. The van der Waals surface area contributed by atoms with Gasteiger partial charge in [0.05, 0.1) is 51.7 Å². The van der Waals surface area contributed by atoms with Gasteiger partial charge in [-0.2, -0.15) is 0 Å². The first-order valence-corrected chi connectivity index (χ1v) is 20.5. The summed E-state index contributed by atoms with van der Waals surface area (Å²) < 4.78 is 67.6. The number of aliphatic imine (C=N–C) groups is 1. The number of hydrogen-bond acceptors (Lipinski definition) is 9. The van der Waals surface area contributed by atoms with Crippen LogP contribution in [0.5, 0.6) is 0 Å². The zero-order valence-corrected chi connectivity index (χ0v) is 33.3. The number of nitrogens with one attached hydrogen (secondary N) is 4. The summed E-state index contributed by atoms with van der Waals surface area (Å²) in [7, 11) is -5.87. The Labute approximate surface area is 338 Å². The summed E-state index contributed by atoms with van der Waals surface area (Å²) in [6.07, 6.45) is 1.63. The Morgan fingerprint density at radius 3 is 1.37 bits per heavy atom. The quantitative estimate of drug-likeness (QED) is 0.0403. The maximum absolute atomic E-state index is 13.3. The zero-order chi connectivity index (χ0) is 40.9. The van der Waals surface area contributed by atoms with E-state index in [1.807, 2.05) is 36.4 Å². The highest BCUT2D eigenvalue weighted by Crippen LogP contribution is 2.29. The fourth-order valence-electron chi connectivity index (χ4n) is 5.62. The van der Waals surface area contributed by atoms with Crippen LogP contribution < -0.4 is 20.1 Å². The van der Waals surface area contributed by atoms with Crippen molar-refractivity contribution >= 4 is 105 Å². The first-order valence-electron chi connectivity index (χ1n) is 16.8. The van der Waals surface area contributed by atoms with Gasteiger partial charge < -0.3 is 20.1 Å². The minimum absolute atomic E-state index is 0.0570. The van der Waals surface area contributed by atoms with Crippen LogP contribution in [0.4, 0.5) is 22.7 Å². The molecule has 4 N–H and O–H groups in total. The van der Waals surface area contributed by atoms with Crippen LogP contribution in [0.2, 0.25) is 10.0 Å². The van der Waals surface area contributed by atoms with Crippen molar-refractivity contribution in [2.45, 2.75) is 9.79 Å². The van der Waals surface area contributed by atoms with Gasteiger partial charge in [0.25, 0.3) is 20.0 Å². The predicted molar refractivity (Wildman–Crippen MR) is 225 cm³/mol. The molecule has 0 amide bonds. The summed E-state index contributed by atoms with van der Waals surface area (Å²) in [6.45, 7) is 4.04. The minimum Gasteiger partial charge on any atom is -0.465 e. The Bertz CT molecular complexity index is 2650. The molecule has 0 aliphatic rings. The molecule has 0 spiro atoms. The first-order chi connectivity index (χ1) is 27.2. The molecule has 292 valence electrons. The number of anilines is 4. The Hall–Kier alpha value is -6.13. The van der Waals surface area contributed by atoms with E-state index in [1.54, 1.807) is 42.5 Å². The molecule has 0 unspecified atom stereocenters. The molecule has 0 aliphatic heterocycles. The van der Waals surface area contributed by atoms with Crippen molar-refractivity contribution in [3.05, 3.63) is 143 Å². The van der Waals surface area contributed by atoms with Crippen LogP contribution in [0.25, 0.3) is 21.5 Å². The summed E-state index contributed by atoms with van der Waals surface area (Å²) in [4.78, 5) is 28.4. The van der Waals surface area contributed by atoms with Gasteiger partial charge in [-0.05, 0) is 106 Å². The molecule has 0 aromatic heterocycles. The van der Waals surface area contributed by atoms with Gasteiger partial charge in [0, 0.05) is 22.7 Å². The fraction of sp³-hybridized carbons (Fsp3) is 0.0750. The van der Waals surface area contributed by atoms with Crippen LogP contribution in [-0.2, 0) is 29.5 Å². The molecule has 0 saturated carbocycles. The molecular weight excluding hydrogens is 814 g/mol. The maximum atomic E-state index is 13.3. The Balaban J connectivity index is 1.21. The van der Waals surface area contributed by atoms with Crippen molar-refractivity contribution in [1.29, 1.82) is 0 Å². The van der Waals surface area contributed by atoms with Crippen LogP contribution in [0, 0.1) is 0 Å². The van der Waals surface area contributed by atoms with Crippen LogP contribution in [0.1, 0.15) is 20.7 Å². The molecule has 0 heterocycles. The summed E-state index contributed by atoms with van der Waals surface area (Å²) in [5, 5.41) is 9.73. The van der Waals surface area contributed by atoms with E-state index in [1.165, 1.54) is 38.5 Å². The molecular formula is C40H33Cl2N5O8S2. The number of hydrogen-bond donors (Lipinski definition) is 4. The SMILES string of the molecule is C=CCN=C(Nc1ccc2ccc(NS(=O)(=O)c3ccc(Cl)c(C(=O)OC)c3)cc2c1)Nc1ccc2ccc(NS(=O)(=O)c3ccc(Cl)c(C(=O)OC)c3)cc2c1. The van der Waals surface area contributed by atoms with Gasteiger partial charge >= 0.3 is 11.9 Å². The monoisotopic (exact) mass is 845 g/mol. The van der Waals surface area contributed by atoms with Gasteiger partial charge in [0.1, 0.15) is 0 Å². The van der Waals surface area contributed by atoms with Crippen molar-refractivity contribution < 1.29 is 35.9 Å². The van der Waals surface area contributed by atoms with E-state index in [2.05, 4.69) is 31.6 Å². The molecule has 57 heavy (non-hydrogen) atoms. The average molecular weight is 847 g/mol. The zero-order valence-electron chi connectivity index (χ0n) is 30.2. The second-order valence-electron chi connectivity index (χ2n) is 12.3. The van der Waals surface area contributed by atoms with E-state index < -0.39 is 32.0 Å². The maximum Gasteiger partial charge on any atom is 0.339 e. The summed E-state index contributed by atoms with van der Waals surface area (Å²) >= 11 is 12.2. The molecule has 0 saturated heterocycles. The Morgan fingerprint density at radius 1 is 0.596 bits per heavy atom. The largest absolute Gasteiger partial charge is 0.465 e. The fourth-order valence-corrected chi connectivity index (χ4v) is 8.16. The molecule has 0 bridgehead atoms. The van der Waals surface area contributed by atoms with Gasteiger partial charge in [-0.25, -0.2) is 31.4 Å². The highest BCUT2D eigenvalue weighted by Gasteiger charge is 2.21. The third-order valence-corrected chi connectivity index (χ3v) is 11.8. The van der Waals surface area contributed by atoms with E-state index in [0.717, 1.165) is 22.9 Å². The Morgan fingerprint density at radius 2 is 0.982 bits per heavy atom. The van der Waals surface area contributed by atoms with Crippen molar-refractivity contribution in [3.8, 4) is 0 Å². The number of carbonyl (C=O) groups excluding carboxylic acids is 2. The molecule has 6 aromatic rings. The van der Waals surface area contributed by atoms with Gasteiger partial charge in [-0.1, -0.05) is 53.5 Å². The molecule has 0 radical (unpaired) electrons. The topological polar surface area (TPSA) is 181 Å². The van der Waals surface area contributed by atoms with Gasteiger partial charge in [0.15, 0.2) is 0 Å². The number of methoxy groups -OCH3 is 2. The lowest BCUT2D eigenvalue weighted by atomic mass is 10.1. The van der Waals surface area contributed by atoms with Crippen LogP contribution in [-0.4, -0.2) is 55.5 Å². The van der Waals surface area contributed by atoms with Crippen LogP contribution in [0.15, 0.2) is 137 Å². The number of ether oxygens (including phenoxy) is 2. The van der Waals surface area contributed by atoms with Crippen molar-refractivity contribution in [2.75, 3.05) is 40.8 Å². The molecule has 6 aromatic carbocycles. The molecule has 13 nitrogen and oxygen atoms in total. The summed E-state index contributed by atoms with van der Waals surface area (Å²) in [5.74, 6) is -1.16.